The third-order valence-electron chi connectivity index (χ3n) is 4.27. The Labute approximate surface area is 161 Å². The summed E-state index contributed by atoms with van der Waals surface area (Å²) in [7, 11) is -1.99. The molecule has 1 fully saturated rings. The van der Waals surface area contributed by atoms with Crippen LogP contribution in [0.15, 0.2) is 29.2 Å². The molecule has 1 aliphatic heterocycles. The van der Waals surface area contributed by atoms with E-state index in [1.807, 2.05) is 0 Å². The van der Waals surface area contributed by atoms with E-state index in [1.54, 1.807) is 19.1 Å². The summed E-state index contributed by atoms with van der Waals surface area (Å²) in [5, 5.41) is 6.11. The molecule has 1 saturated heterocycles. The van der Waals surface area contributed by atoms with Gasteiger partial charge in [-0.1, -0.05) is 6.92 Å². The summed E-state index contributed by atoms with van der Waals surface area (Å²) < 4.78 is 29.9. The summed E-state index contributed by atoms with van der Waals surface area (Å²) >= 11 is 0. The van der Waals surface area contributed by atoms with Crippen molar-refractivity contribution in [2.24, 2.45) is 5.92 Å². The number of piperazine rings is 1. The Kier molecular flexibility index (Phi) is 9.35. The molecule has 2 rings (SSSR count). The fourth-order valence-electron chi connectivity index (χ4n) is 2.73. The van der Waals surface area contributed by atoms with Crippen LogP contribution in [0.3, 0.4) is 0 Å². The molecule has 1 amide bonds. The van der Waals surface area contributed by atoms with Crippen LogP contribution in [0.25, 0.3) is 0 Å². The largest absolute Gasteiger partial charge is 0.497 e. The standard InChI is InChI=1S/C17H27N3O4S.ClH/c1-14(17(21)19-9-12-20-10-7-18-8-11-20)13-25(22,23)16-5-3-15(24-2)4-6-16;/h3-6,14,18H,7-13H2,1-2H3,(H,19,21);1H. The lowest BCUT2D eigenvalue weighted by atomic mass is 10.2. The number of amides is 1. The van der Waals surface area contributed by atoms with Gasteiger partial charge in [0, 0.05) is 45.2 Å². The van der Waals surface area contributed by atoms with Gasteiger partial charge in [-0.25, -0.2) is 8.42 Å². The Hall–Kier alpha value is -1.35. The second kappa shape index (κ2) is 10.7. The normalized spacial score (nSPS) is 16.4. The minimum absolute atomic E-state index is 0. The summed E-state index contributed by atoms with van der Waals surface area (Å²) in [6, 6.07) is 6.21. The van der Waals surface area contributed by atoms with Crippen LogP contribution >= 0.6 is 12.4 Å². The predicted molar refractivity (Wildman–Crippen MR) is 104 cm³/mol. The number of hydrogen-bond acceptors (Lipinski definition) is 6. The van der Waals surface area contributed by atoms with E-state index in [2.05, 4.69) is 15.5 Å². The number of methoxy groups -OCH3 is 1. The van der Waals surface area contributed by atoms with Crippen molar-refractivity contribution in [3.8, 4) is 5.75 Å². The number of halogens is 1. The minimum Gasteiger partial charge on any atom is -0.497 e. The molecule has 1 atom stereocenters. The summed E-state index contributed by atoms with van der Waals surface area (Å²) in [4.78, 5) is 14.6. The van der Waals surface area contributed by atoms with E-state index in [9.17, 15) is 13.2 Å². The lowest BCUT2D eigenvalue weighted by molar-refractivity contribution is -0.123. The van der Waals surface area contributed by atoms with Crippen molar-refractivity contribution in [3.05, 3.63) is 24.3 Å². The highest BCUT2D eigenvalue weighted by atomic mass is 35.5. The van der Waals surface area contributed by atoms with Gasteiger partial charge in [0.05, 0.1) is 17.8 Å². The highest BCUT2D eigenvalue weighted by molar-refractivity contribution is 7.91. The third kappa shape index (κ3) is 6.75. The van der Waals surface area contributed by atoms with Gasteiger partial charge >= 0.3 is 0 Å². The Bertz CT molecular complexity index is 661. The van der Waals surface area contributed by atoms with Crippen LogP contribution in [0, 0.1) is 5.92 Å². The van der Waals surface area contributed by atoms with E-state index < -0.39 is 15.8 Å². The van der Waals surface area contributed by atoms with Gasteiger partial charge in [0.15, 0.2) is 9.84 Å². The molecule has 0 bridgehead atoms. The number of carbonyl (C=O) groups excluding carboxylic acids is 1. The SMILES string of the molecule is COc1ccc(S(=O)(=O)CC(C)C(=O)NCCN2CCNCC2)cc1.Cl. The van der Waals surface area contributed by atoms with Crippen molar-refractivity contribution in [1.82, 2.24) is 15.5 Å². The highest BCUT2D eigenvalue weighted by Crippen LogP contribution is 2.18. The van der Waals surface area contributed by atoms with Crippen LogP contribution in [0.5, 0.6) is 5.75 Å². The molecule has 0 spiro atoms. The molecule has 1 aliphatic rings. The third-order valence-corrected chi connectivity index (χ3v) is 6.20. The van der Waals surface area contributed by atoms with Gasteiger partial charge in [-0.3, -0.25) is 9.69 Å². The van der Waals surface area contributed by atoms with Crippen molar-refractivity contribution >= 4 is 28.2 Å². The van der Waals surface area contributed by atoms with E-state index in [-0.39, 0.29) is 29.0 Å². The lowest BCUT2D eigenvalue weighted by Gasteiger charge is -2.27. The van der Waals surface area contributed by atoms with Gasteiger partial charge in [-0.15, -0.1) is 12.4 Å². The quantitative estimate of drug-likeness (QED) is 0.656. The summed E-state index contributed by atoms with van der Waals surface area (Å²) in [6.07, 6.45) is 0. The number of nitrogens with one attached hydrogen (secondary N) is 2. The zero-order valence-corrected chi connectivity index (χ0v) is 16.9. The molecule has 1 unspecified atom stereocenters. The molecule has 1 aromatic rings. The lowest BCUT2D eigenvalue weighted by Crippen LogP contribution is -2.46. The molecule has 0 saturated carbocycles. The Balaban J connectivity index is 0.00000338. The first-order chi connectivity index (χ1) is 11.9. The van der Waals surface area contributed by atoms with Gasteiger partial charge in [0.25, 0.3) is 0 Å². The van der Waals surface area contributed by atoms with Gasteiger partial charge in [0.2, 0.25) is 5.91 Å². The van der Waals surface area contributed by atoms with Crippen molar-refractivity contribution in [1.29, 1.82) is 0 Å². The van der Waals surface area contributed by atoms with Crippen LogP contribution < -0.4 is 15.4 Å². The maximum atomic E-state index is 12.4. The van der Waals surface area contributed by atoms with Gasteiger partial charge < -0.3 is 15.4 Å². The average molecular weight is 406 g/mol. The average Bonchev–Trinajstić information content (AvgIpc) is 2.62. The maximum absolute atomic E-state index is 12.4. The number of sulfone groups is 1. The summed E-state index contributed by atoms with van der Waals surface area (Å²) in [5.74, 6) is -0.446. The Morgan fingerprint density at radius 1 is 1.27 bits per heavy atom. The zero-order valence-electron chi connectivity index (χ0n) is 15.2. The molecule has 26 heavy (non-hydrogen) atoms. The second-order valence-electron chi connectivity index (χ2n) is 6.24. The van der Waals surface area contributed by atoms with Crippen LogP contribution in [0.4, 0.5) is 0 Å². The molecule has 1 heterocycles. The highest BCUT2D eigenvalue weighted by Gasteiger charge is 2.23. The summed E-state index contributed by atoms with van der Waals surface area (Å²) in [6.45, 7) is 6.82. The second-order valence-corrected chi connectivity index (χ2v) is 8.27. The smallest absolute Gasteiger partial charge is 0.223 e. The fraction of sp³-hybridized carbons (Fsp3) is 0.588. The first-order valence-electron chi connectivity index (χ1n) is 8.50. The van der Waals surface area contributed by atoms with E-state index in [4.69, 9.17) is 4.74 Å². The van der Waals surface area contributed by atoms with E-state index in [0.717, 1.165) is 32.7 Å². The molecular weight excluding hydrogens is 378 g/mol. The first-order valence-corrected chi connectivity index (χ1v) is 10.1. The number of carbonyl (C=O) groups is 1. The Morgan fingerprint density at radius 2 is 1.88 bits per heavy atom. The number of rotatable bonds is 8. The van der Waals surface area contributed by atoms with Crippen LogP contribution in [0.1, 0.15) is 6.92 Å². The van der Waals surface area contributed by atoms with E-state index in [1.165, 1.54) is 19.2 Å². The van der Waals surface area contributed by atoms with E-state index >= 15 is 0 Å². The van der Waals surface area contributed by atoms with Crippen LogP contribution in [-0.4, -0.2) is 71.4 Å². The number of nitrogens with zero attached hydrogens (tertiary/aromatic N) is 1. The van der Waals surface area contributed by atoms with Crippen molar-refractivity contribution < 1.29 is 17.9 Å². The number of hydrogen-bond donors (Lipinski definition) is 2. The van der Waals surface area contributed by atoms with E-state index in [0.29, 0.717) is 12.3 Å². The molecule has 7 nitrogen and oxygen atoms in total. The molecule has 0 aromatic heterocycles. The number of benzene rings is 1. The molecule has 2 N–H and O–H groups in total. The monoisotopic (exact) mass is 405 g/mol. The molecule has 9 heteroatoms. The van der Waals surface area contributed by atoms with Crippen molar-refractivity contribution in [2.75, 3.05) is 52.1 Å². The molecule has 148 valence electrons. The maximum Gasteiger partial charge on any atom is 0.223 e. The molecule has 0 radical (unpaired) electrons. The molecule has 0 aliphatic carbocycles. The van der Waals surface area contributed by atoms with Crippen LogP contribution in [0.2, 0.25) is 0 Å². The molecule has 1 aromatic carbocycles. The number of ether oxygens (including phenoxy) is 1. The Morgan fingerprint density at radius 3 is 2.46 bits per heavy atom. The summed E-state index contributed by atoms with van der Waals surface area (Å²) in [5.41, 5.74) is 0. The van der Waals surface area contributed by atoms with Crippen molar-refractivity contribution in [2.45, 2.75) is 11.8 Å². The van der Waals surface area contributed by atoms with Crippen molar-refractivity contribution in [3.63, 3.8) is 0 Å². The minimum atomic E-state index is -3.51. The fourth-order valence-corrected chi connectivity index (χ4v) is 4.28. The predicted octanol–water partition coefficient (Wildman–Crippen LogP) is 0.548. The van der Waals surface area contributed by atoms with Crippen LogP contribution in [-0.2, 0) is 14.6 Å². The zero-order chi connectivity index (χ0) is 18.3. The van der Waals surface area contributed by atoms with Gasteiger partial charge in [-0.2, -0.15) is 0 Å². The first kappa shape index (κ1) is 22.7. The van der Waals surface area contributed by atoms with Gasteiger partial charge in [0.1, 0.15) is 5.75 Å². The molecular formula is C17H28ClN3O4S. The topological polar surface area (TPSA) is 87.7 Å². The van der Waals surface area contributed by atoms with Gasteiger partial charge in [-0.05, 0) is 24.3 Å².